The fourth-order valence-corrected chi connectivity index (χ4v) is 3.47. The maximum Gasteiger partial charge on any atom is 0.0777 e. The second kappa shape index (κ2) is 5.45. The minimum Gasteiger partial charge on any atom is -0.378 e. The molecule has 1 saturated heterocycles. The number of hydrogen-bond donors (Lipinski definition) is 1. The van der Waals surface area contributed by atoms with Crippen molar-refractivity contribution in [3.8, 4) is 0 Å². The molecule has 0 radical (unpaired) electrons. The molecule has 0 aromatic carbocycles. The molecule has 2 aliphatic rings. The van der Waals surface area contributed by atoms with E-state index in [1.165, 1.54) is 6.42 Å². The molecule has 1 aliphatic carbocycles. The van der Waals surface area contributed by atoms with Gasteiger partial charge in [-0.05, 0) is 46.1 Å². The molecular formula is C14H28N2O2. The lowest BCUT2D eigenvalue weighted by atomic mass is 9.71. The second-order valence-corrected chi connectivity index (χ2v) is 6.09. The van der Waals surface area contributed by atoms with Gasteiger partial charge < -0.3 is 15.2 Å². The number of hydrogen-bond acceptors (Lipinski definition) is 4. The third-order valence-corrected chi connectivity index (χ3v) is 4.82. The quantitative estimate of drug-likeness (QED) is 0.807. The average Bonchev–Trinajstić information content (AvgIpc) is 2.33. The summed E-state index contributed by atoms with van der Waals surface area (Å²) in [4.78, 5) is 2.55. The van der Waals surface area contributed by atoms with Gasteiger partial charge in [0.2, 0.25) is 0 Å². The van der Waals surface area contributed by atoms with E-state index in [9.17, 15) is 0 Å². The molecule has 0 spiro atoms. The Kier molecular flexibility index (Phi) is 4.32. The molecule has 106 valence electrons. The monoisotopic (exact) mass is 256 g/mol. The summed E-state index contributed by atoms with van der Waals surface area (Å²) in [6.07, 6.45) is 4.92. The first-order valence-corrected chi connectivity index (χ1v) is 7.19. The number of ether oxygens (including phenoxy) is 2. The molecule has 0 aromatic heterocycles. The fourth-order valence-electron chi connectivity index (χ4n) is 3.47. The maximum absolute atomic E-state index is 6.05. The Morgan fingerprint density at radius 1 is 1.39 bits per heavy atom. The van der Waals surface area contributed by atoms with Crippen LogP contribution in [0.5, 0.6) is 0 Å². The van der Waals surface area contributed by atoms with Gasteiger partial charge in [-0.1, -0.05) is 0 Å². The Bertz CT molecular complexity index is 279. The van der Waals surface area contributed by atoms with Crippen LogP contribution in [-0.4, -0.2) is 55.5 Å². The highest BCUT2D eigenvalue weighted by atomic mass is 16.5. The molecule has 1 atom stereocenters. The van der Waals surface area contributed by atoms with Crippen molar-refractivity contribution in [1.29, 1.82) is 0 Å². The lowest BCUT2D eigenvalue weighted by Gasteiger charge is -2.57. The van der Waals surface area contributed by atoms with Gasteiger partial charge in [-0.15, -0.1) is 0 Å². The number of likely N-dealkylation sites (tertiary alicyclic amines) is 1. The van der Waals surface area contributed by atoms with E-state index in [4.69, 9.17) is 15.2 Å². The molecular weight excluding hydrogens is 228 g/mol. The zero-order valence-electron chi connectivity index (χ0n) is 12.1. The number of rotatable bonds is 5. The molecule has 4 nitrogen and oxygen atoms in total. The van der Waals surface area contributed by atoms with E-state index in [1.807, 2.05) is 7.11 Å². The summed E-state index contributed by atoms with van der Waals surface area (Å²) < 4.78 is 11.4. The Hall–Kier alpha value is -0.160. The molecule has 0 bridgehead atoms. The minimum absolute atomic E-state index is 0.00286. The number of nitrogens with zero attached hydrogens (tertiary/aromatic N) is 1. The number of methoxy groups -OCH3 is 1. The van der Waals surface area contributed by atoms with E-state index in [2.05, 4.69) is 18.7 Å². The van der Waals surface area contributed by atoms with Crippen molar-refractivity contribution in [2.24, 2.45) is 5.73 Å². The summed E-state index contributed by atoms with van der Waals surface area (Å²) in [6.45, 7) is 7.96. The Morgan fingerprint density at radius 2 is 2.11 bits per heavy atom. The third-order valence-electron chi connectivity index (χ3n) is 4.82. The SMILES string of the molecule is CCOC1CC(CN)(N2CCCC(C)(OC)C2)C1. The van der Waals surface area contributed by atoms with Crippen LogP contribution in [0.25, 0.3) is 0 Å². The van der Waals surface area contributed by atoms with E-state index in [1.54, 1.807) is 0 Å². The van der Waals surface area contributed by atoms with Crippen molar-refractivity contribution in [2.45, 2.75) is 56.8 Å². The van der Waals surface area contributed by atoms with Gasteiger partial charge in [-0.3, -0.25) is 4.90 Å². The normalized spacial score (nSPS) is 41.7. The Labute approximate surface area is 111 Å². The Balaban J connectivity index is 1.97. The molecule has 1 heterocycles. The molecule has 2 fully saturated rings. The third kappa shape index (κ3) is 2.57. The largest absolute Gasteiger partial charge is 0.378 e. The van der Waals surface area contributed by atoms with E-state index in [0.717, 1.165) is 45.5 Å². The molecule has 0 amide bonds. The molecule has 1 saturated carbocycles. The summed E-state index contributed by atoms with van der Waals surface area (Å²) in [5, 5.41) is 0. The maximum atomic E-state index is 6.05. The van der Waals surface area contributed by atoms with Crippen LogP contribution in [-0.2, 0) is 9.47 Å². The molecule has 2 rings (SSSR count). The standard InChI is InChI=1S/C14H28N2O2/c1-4-18-12-8-14(9-12,10-15)16-7-5-6-13(2,11-16)17-3/h12H,4-11,15H2,1-3H3. The second-order valence-electron chi connectivity index (χ2n) is 6.09. The highest BCUT2D eigenvalue weighted by Crippen LogP contribution is 2.42. The van der Waals surface area contributed by atoms with Crippen molar-refractivity contribution >= 4 is 0 Å². The van der Waals surface area contributed by atoms with E-state index < -0.39 is 0 Å². The summed E-state index contributed by atoms with van der Waals surface area (Å²) in [5.41, 5.74) is 6.21. The van der Waals surface area contributed by atoms with E-state index in [0.29, 0.717) is 6.10 Å². The highest BCUT2D eigenvalue weighted by molar-refractivity contribution is 5.07. The molecule has 18 heavy (non-hydrogen) atoms. The van der Waals surface area contributed by atoms with Gasteiger partial charge in [0.15, 0.2) is 0 Å². The van der Waals surface area contributed by atoms with Crippen LogP contribution in [0.2, 0.25) is 0 Å². The zero-order valence-corrected chi connectivity index (χ0v) is 12.1. The molecule has 4 heteroatoms. The zero-order chi connectivity index (χ0) is 13.2. The predicted octanol–water partition coefficient (Wildman–Crippen LogP) is 1.38. The van der Waals surface area contributed by atoms with Gasteiger partial charge in [0.1, 0.15) is 0 Å². The van der Waals surface area contributed by atoms with E-state index in [-0.39, 0.29) is 11.1 Å². The van der Waals surface area contributed by atoms with Gasteiger partial charge >= 0.3 is 0 Å². The van der Waals surface area contributed by atoms with Crippen molar-refractivity contribution in [3.05, 3.63) is 0 Å². The highest BCUT2D eigenvalue weighted by Gasteiger charge is 2.50. The molecule has 1 aliphatic heterocycles. The summed E-state index contributed by atoms with van der Waals surface area (Å²) in [5.74, 6) is 0. The number of piperidine rings is 1. The van der Waals surface area contributed by atoms with Crippen LogP contribution in [0.1, 0.15) is 39.5 Å². The fraction of sp³-hybridized carbons (Fsp3) is 1.00. The molecule has 1 unspecified atom stereocenters. The minimum atomic E-state index is -0.00286. The van der Waals surface area contributed by atoms with Crippen molar-refractivity contribution in [3.63, 3.8) is 0 Å². The first-order chi connectivity index (χ1) is 8.57. The first-order valence-electron chi connectivity index (χ1n) is 7.19. The van der Waals surface area contributed by atoms with Crippen LogP contribution < -0.4 is 5.73 Å². The lowest BCUT2D eigenvalue weighted by molar-refractivity contribution is -0.140. The summed E-state index contributed by atoms with van der Waals surface area (Å²) in [7, 11) is 1.82. The van der Waals surface area contributed by atoms with Crippen LogP contribution >= 0.6 is 0 Å². The average molecular weight is 256 g/mol. The smallest absolute Gasteiger partial charge is 0.0777 e. The van der Waals surface area contributed by atoms with Crippen LogP contribution in [0.15, 0.2) is 0 Å². The lowest BCUT2D eigenvalue weighted by Crippen LogP contribution is -2.67. The predicted molar refractivity (Wildman–Crippen MR) is 72.7 cm³/mol. The summed E-state index contributed by atoms with van der Waals surface area (Å²) >= 11 is 0. The topological polar surface area (TPSA) is 47.7 Å². The van der Waals surface area contributed by atoms with Gasteiger partial charge in [-0.25, -0.2) is 0 Å². The van der Waals surface area contributed by atoms with Crippen LogP contribution in [0, 0.1) is 0 Å². The Morgan fingerprint density at radius 3 is 2.67 bits per heavy atom. The van der Waals surface area contributed by atoms with Crippen molar-refractivity contribution in [2.75, 3.05) is 33.4 Å². The van der Waals surface area contributed by atoms with Crippen LogP contribution in [0.3, 0.4) is 0 Å². The number of nitrogens with two attached hydrogens (primary N) is 1. The summed E-state index contributed by atoms with van der Waals surface area (Å²) in [6, 6.07) is 0. The van der Waals surface area contributed by atoms with Gasteiger partial charge in [0.25, 0.3) is 0 Å². The van der Waals surface area contributed by atoms with Crippen molar-refractivity contribution < 1.29 is 9.47 Å². The molecule has 0 aromatic rings. The van der Waals surface area contributed by atoms with Gasteiger partial charge in [0.05, 0.1) is 11.7 Å². The van der Waals surface area contributed by atoms with Gasteiger partial charge in [0, 0.05) is 32.3 Å². The first kappa shape index (κ1) is 14.3. The van der Waals surface area contributed by atoms with E-state index >= 15 is 0 Å². The van der Waals surface area contributed by atoms with Gasteiger partial charge in [-0.2, -0.15) is 0 Å². The molecule has 2 N–H and O–H groups in total. The van der Waals surface area contributed by atoms with Crippen molar-refractivity contribution in [1.82, 2.24) is 4.90 Å². The van der Waals surface area contributed by atoms with Crippen LogP contribution in [0.4, 0.5) is 0 Å².